The normalized spacial score (nSPS) is 11.9. The maximum absolute atomic E-state index is 6.13. The van der Waals surface area contributed by atoms with Crippen molar-refractivity contribution < 1.29 is 8.83 Å². The number of hydrogen-bond acceptors (Lipinski definition) is 2. The van der Waals surface area contributed by atoms with Crippen molar-refractivity contribution in [2.24, 2.45) is 0 Å². The van der Waals surface area contributed by atoms with Gasteiger partial charge in [-0.2, -0.15) is 0 Å². The molecule has 0 unspecified atom stereocenters. The fourth-order valence-corrected chi connectivity index (χ4v) is 4.51. The van der Waals surface area contributed by atoms with Crippen molar-refractivity contribution in [3.05, 3.63) is 81.7 Å². The van der Waals surface area contributed by atoms with Crippen molar-refractivity contribution in [2.75, 3.05) is 0 Å². The lowest BCUT2D eigenvalue weighted by Gasteiger charge is -1.98. The summed E-state index contributed by atoms with van der Waals surface area (Å²) in [7, 11) is 0. The number of rotatable bonds is 1. The average Bonchev–Trinajstić information content (AvgIpc) is 3.27. The third-order valence-electron chi connectivity index (χ3n) is 5.12. The summed E-state index contributed by atoms with van der Waals surface area (Å²) < 4.78 is 14.4. The molecule has 6 rings (SSSR count). The predicted octanol–water partition coefficient (Wildman–Crippen LogP) is 8.68. The van der Waals surface area contributed by atoms with Crippen molar-refractivity contribution in [1.82, 2.24) is 0 Å². The van der Waals surface area contributed by atoms with Gasteiger partial charge in [-0.05, 0) is 82.2 Å². The number of halogens is 2. The highest BCUT2D eigenvalue weighted by Crippen LogP contribution is 2.36. The van der Waals surface area contributed by atoms with Gasteiger partial charge in [0.25, 0.3) is 0 Å². The van der Waals surface area contributed by atoms with E-state index in [9.17, 15) is 0 Å². The maximum Gasteiger partial charge on any atom is 0.170 e. The fourth-order valence-electron chi connectivity index (χ4n) is 3.75. The molecule has 0 fully saturated rings. The largest absolute Gasteiger partial charge is 0.453 e. The molecule has 2 aromatic heterocycles. The topological polar surface area (TPSA) is 26.3 Å². The summed E-state index contributed by atoms with van der Waals surface area (Å²) in [6.45, 7) is 0. The van der Waals surface area contributed by atoms with E-state index in [1.807, 2.05) is 12.1 Å². The maximum atomic E-state index is 6.13. The highest BCUT2D eigenvalue weighted by molar-refractivity contribution is 9.10. The lowest BCUT2D eigenvalue weighted by atomic mass is 10.1. The van der Waals surface area contributed by atoms with Crippen LogP contribution >= 0.6 is 31.9 Å². The van der Waals surface area contributed by atoms with Crippen LogP contribution in [0.2, 0.25) is 0 Å². The molecule has 0 aliphatic rings. The van der Waals surface area contributed by atoms with E-state index in [0.717, 1.165) is 53.2 Å². The van der Waals surface area contributed by atoms with Crippen LogP contribution in [0.15, 0.2) is 90.6 Å². The van der Waals surface area contributed by atoms with Crippen LogP contribution in [-0.4, -0.2) is 0 Å². The van der Waals surface area contributed by atoms with Gasteiger partial charge < -0.3 is 8.83 Å². The molecule has 28 heavy (non-hydrogen) atoms. The summed E-state index contributed by atoms with van der Waals surface area (Å²) in [5.74, 6) is 1.48. The highest BCUT2D eigenvalue weighted by Gasteiger charge is 2.13. The van der Waals surface area contributed by atoms with Crippen LogP contribution in [0.1, 0.15) is 0 Å². The van der Waals surface area contributed by atoms with E-state index in [1.54, 1.807) is 0 Å². The lowest BCUT2D eigenvalue weighted by Crippen LogP contribution is -1.72. The molecular formula is C24H12Br2O2. The Morgan fingerprint density at radius 1 is 0.429 bits per heavy atom. The third-order valence-corrected chi connectivity index (χ3v) is 6.10. The molecule has 0 radical (unpaired) electrons. The molecule has 2 nitrogen and oxygen atoms in total. The van der Waals surface area contributed by atoms with Gasteiger partial charge in [-0.15, -0.1) is 0 Å². The minimum Gasteiger partial charge on any atom is -0.453 e. The zero-order valence-corrected chi connectivity index (χ0v) is 17.7. The molecule has 0 N–H and O–H groups in total. The minimum absolute atomic E-state index is 0.741. The first-order valence-electron chi connectivity index (χ1n) is 8.88. The number of hydrogen-bond donors (Lipinski definition) is 0. The monoisotopic (exact) mass is 490 g/mol. The Balaban J connectivity index is 1.54. The Labute approximate surface area is 177 Å². The van der Waals surface area contributed by atoms with Gasteiger partial charge >= 0.3 is 0 Å². The second kappa shape index (κ2) is 5.97. The van der Waals surface area contributed by atoms with Crippen molar-refractivity contribution in [3.8, 4) is 11.5 Å². The van der Waals surface area contributed by atoms with Crippen molar-refractivity contribution in [2.45, 2.75) is 0 Å². The summed E-state index contributed by atoms with van der Waals surface area (Å²) in [6, 6.07) is 25.1. The van der Waals surface area contributed by atoms with Gasteiger partial charge in [0.05, 0.1) is 0 Å². The molecule has 0 atom stereocenters. The molecule has 6 aromatic rings. The smallest absolute Gasteiger partial charge is 0.170 e. The van der Waals surface area contributed by atoms with Crippen LogP contribution in [0.25, 0.3) is 55.0 Å². The fraction of sp³-hybridized carbons (Fsp3) is 0. The molecule has 0 amide bonds. The lowest BCUT2D eigenvalue weighted by molar-refractivity contribution is 0.569. The number of fused-ring (bicyclic) bond motifs is 4. The van der Waals surface area contributed by atoms with E-state index < -0.39 is 0 Å². The van der Waals surface area contributed by atoms with Crippen LogP contribution < -0.4 is 0 Å². The molecule has 0 bridgehead atoms. The summed E-state index contributed by atoms with van der Waals surface area (Å²) in [4.78, 5) is 0. The van der Waals surface area contributed by atoms with E-state index in [2.05, 4.69) is 92.5 Å². The second-order valence-corrected chi connectivity index (χ2v) is 8.82. The van der Waals surface area contributed by atoms with Crippen LogP contribution in [-0.2, 0) is 0 Å². The summed E-state index contributed by atoms with van der Waals surface area (Å²) >= 11 is 7.06. The van der Waals surface area contributed by atoms with Crippen molar-refractivity contribution in [1.29, 1.82) is 0 Å². The third kappa shape index (κ3) is 2.60. The standard InChI is InChI=1S/C24H12Br2O2/c25-19-3-1-13-5-17-11-23(27-21(17)9-15(13)7-19)24-12-18-6-14-2-4-20(26)8-16(14)10-22(18)28-24/h1-12H. The summed E-state index contributed by atoms with van der Waals surface area (Å²) in [5, 5.41) is 6.79. The molecule has 0 aliphatic carbocycles. The Kier molecular flexibility index (Phi) is 3.49. The Morgan fingerprint density at radius 3 is 1.36 bits per heavy atom. The van der Waals surface area contributed by atoms with Gasteiger partial charge in [0.15, 0.2) is 11.5 Å². The van der Waals surface area contributed by atoms with Crippen molar-refractivity contribution in [3.63, 3.8) is 0 Å². The van der Waals surface area contributed by atoms with Gasteiger partial charge in [0, 0.05) is 19.7 Å². The van der Waals surface area contributed by atoms with E-state index >= 15 is 0 Å². The van der Waals surface area contributed by atoms with Gasteiger partial charge in [-0.1, -0.05) is 44.0 Å². The van der Waals surface area contributed by atoms with Crippen LogP contribution in [0.3, 0.4) is 0 Å². The Bertz CT molecular complexity index is 1420. The zero-order valence-electron chi connectivity index (χ0n) is 14.5. The molecule has 0 aliphatic heterocycles. The Morgan fingerprint density at radius 2 is 0.893 bits per heavy atom. The number of furan rings is 2. The van der Waals surface area contributed by atoms with Crippen molar-refractivity contribution >= 4 is 75.3 Å². The molecule has 0 spiro atoms. The molecule has 4 aromatic carbocycles. The van der Waals surface area contributed by atoms with Crippen LogP contribution in [0.5, 0.6) is 0 Å². The van der Waals surface area contributed by atoms with E-state index in [1.165, 1.54) is 10.8 Å². The minimum atomic E-state index is 0.741. The zero-order chi connectivity index (χ0) is 18.8. The molecule has 134 valence electrons. The molecule has 2 heterocycles. The molecule has 0 saturated heterocycles. The quantitative estimate of drug-likeness (QED) is 0.230. The molecular weight excluding hydrogens is 480 g/mol. The summed E-state index contributed by atoms with van der Waals surface area (Å²) in [6.07, 6.45) is 0. The number of benzene rings is 4. The van der Waals surface area contributed by atoms with Gasteiger partial charge in [0.2, 0.25) is 0 Å². The first-order valence-corrected chi connectivity index (χ1v) is 10.5. The van der Waals surface area contributed by atoms with Gasteiger partial charge in [-0.25, -0.2) is 0 Å². The first-order chi connectivity index (χ1) is 13.6. The van der Waals surface area contributed by atoms with Crippen LogP contribution in [0, 0.1) is 0 Å². The first kappa shape index (κ1) is 16.4. The highest BCUT2D eigenvalue weighted by atomic mass is 79.9. The van der Waals surface area contributed by atoms with E-state index in [4.69, 9.17) is 8.83 Å². The van der Waals surface area contributed by atoms with Crippen LogP contribution in [0.4, 0.5) is 0 Å². The van der Waals surface area contributed by atoms with Gasteiger partial charge in [-0.3, -0.25) is 0 Å². The SMILES string of the molecule is Brc1ccc2cc3cc(-c4cc5cc6ccc(Br)cc6cc5o4)oc3cc2c1. The van der Waals surface area contributed by atoms with E-state index in [0.29, 0.717) is 0 Å². The Hall–Kier alpha value is -2.56. The van der Waals surface area contributed by atoms with Gasteiger partial charge in [0.1, 0.15) is 11.2 Å². The van der Waals surface area contributed by atoms with E-state index in [-0.39, 0.29) is 0 Å². The second-order valence-electron chi connectivity index (χ2n) is 6.98. The summed E-state index contributed by atoms with van der Waals surface area (Å²) in [5.41, 5.74) is 1.71. The predicted molar refractivity (Wildman–Crippen MR) is 122 cm³/mol. The molecule has 0 saturated carbocycles. The average molecular weight is 492 g/mol. The molecule has 4 heteroatoms.